The molecule has 0 saturated heterocycles. The summed E-state index contributed by atoms with van der Waals surface area (Å²) in [4.78, 5) is 11.7. The Hall–Kier alpha value is -2.82. The number of aromatic nitrogens is 1. The Bertz CT molecular complexity index is 839. The standard InChI is InChI=1S/C19H19NO4/c1-3-22-17(21)11-16-15-10-9-13(2)18(19(15)24-20-16)23-12-14-7-5-4-6-8-14/h4-10H,3,11-12H2,1-2H3. The Morgan fingerprint density at radius 2 is 1.96 bits per heavy atom. The number of esters is 1. The predicted molar refractivity (Wildman–Crippen MR) is 89.9 cm³/mol. The maximum Gasteiger partial charge on any atom is 0.312 e. The van der Waals surface area contributed by atoms with Crippen molar-refractivity contribution in [2.24, 2.45) is 0 Å². The summed E-state index contributed by atoms with van der Waals surface area (Å²) < 4.78 is 16.4. The zero-order valence-electron chi connectivity index (χ0n) is 13.7. The molecule has 3 aromatic rings. The van der Waals surface area contributed by atoms with E-state index in [0.29, 0.717) is 30.2 Å². The van der Waals surface area contributed by atoms with Crippen molar-refractivity contribution >= 4 is 16.9 Å². The fraction of sp³-hybridized carbons (Fsp3) is 0.263. The highest BCUT2D eigenvalue weighted by Gasteiger charge is 2.18. The molecule has 0 N–H and O–H groups in total. The average molecular weight is 325 g/mol. The number of hydrogen-bond donors (Lipinski definition) is 0. The van der Waals surface area contributed by atoms with Crippen molar-refractivity contribution in [1.82, 2.24) is 5.16 Å². The summed E-state index contributed by atoms with van der Waals surface area (Å²) in [5.41, 5.74) is 3.15. The zero-order chi connectivity index (χ0) is 16.9. The molecule has 0 aliphatic rings. The highest BCUT2D eigenvalue weighted by molar-refractivity contribution is 5.89. The molecule has 5 nitrogen and oxygen atoms in total. The topological polar surface area (TPSA) is 61.6 Å². The third-order valence-corrected chi connectivity index (χ3v) is 3.71. The molecule has 124 valence electrons. The predicted octanol–water partition coefficient (Wildman–Crippen LogP) is 3.82. The van der Waals surface area contributed by atoms with E-state index in [1.54, 1.807) is 6.92 Å². The Balaban J connectivity index is 1.86. The molecule has 0 spiro atoms. The van der Waals surface area contributed by atoms with E-state index in [1.165, 1.54) is 0 Å². The van der Waals surface area contributed by atoms with Crippen LogP contribution in [0.5, 0.6) is 5.75 Å². The first-order chi connectivity index (χ1) is 11.7. The van der Waals surface area contributed by atoms with Crippen molar-refractivity contribution in [3.05, 3.63) is 59.3 Å². The molecule has 5 heteroatoms. The molecule has 0 unspecified atom stereocenters. The molecule has 0 amide bonds. The maximum atomic E-state index is 11.7. The number of ether oxygens (including phenoxy) is 2. The lowest BCUT2D eigenvalue weighted by Crippen LogP contribution is -2.07. The average Bonchev–Trinajstić information content (AvgIpc) is 2.98. The third-order valence-electron chi connectivity index (χ3n) is 3.71. The number of nitrogens with zero attached hydrogens (tertiary/aromatic N) is 1. The summed E-state index contributed by atoms with van der Waals surface area (Å²) >= 11 is 0. The molecule has 0 atom stereocenters. The number of hydrogen-bond acceptors (Lipinski definition) is 5. The summed E-state index contributed by atoms with van der Waals surface area (Å²) in [6, 6.07) is 13.7. The molecule has 0 aliphatic carbocycles. The molecule has 0 aliphatic heterocycles. The van der Waals surface area contributed by atoms with Gasteiger partial charge in [0.2, 0.25) is 5.58 Å². The number of rotatable bonds is 6. The number of benzene rings is 2. The fourth-order valence-corrected chi connectivity index (χ4v) is 2.51. The van der Waals surface area contributed by atoms with Crippen molar-refractivity contribution in [1.29, 1.82) is 0 Å². The van der Waals surface area contributed by atoms with Gasteiger partial charge in [-0.2, -0.15) is 0 Å². The lowest BCUT2D eigenvalue weighted by molar-refractivity contribution is -0.142. The van der Waals surface area contributed by atoms with E-state index in [2.05, 4.69) is 5.16 Å². The van der Waals surface area contributed by atoms with Crippen LogP contribution < -0.4 is 4.74 Å². The summed E-state index contributed by atoms with van der Waals surface area (Å²) in [6.07, 6.45) is 0.0853. The zero-order valence-corrected chi connectivity index (χ0v) is 13.7. The molecule has 0 radical (unpaired) electrons. The second kappa shape index (κ2) is 7.17. The molecular weight excluding hydrogens is 306 g/mol. The number of fused-ring (bicyclic) bond motifs is 1. The van der Waals surface area contributed by atoms with Gasteiger partial charge in [0.25, 0.3) is 0 Å². The molecular formula is C19H19NO4. The molecule has 0 fully saturated rings. The van der Waals surface area contributed by atoms with Crippen LogP contribution >= 0.6 is 0 Å². The van der Waals surface area contributed by atoms with E-state index in [0.717, 1.165) is 16.5 Å². The molecule has 1 heterocycles. The minimum absolute atomic E-state index is 0.0853. The van der Waals surface area contributed by atoms with Crippen molar-refractivity contribution in [3.8, 4) is 5.75 Å². The van der Waals surface area contributed by atoms with Crippen LogP contribution in [0.4, 0.5) is 0 Å². The summed E-state index contributed by atoms with van der Waals surface area (Å²) in [5.74, 6) is 0.332. The Morgan fingerprint density at radius 3 is 2.71 bits per heavy atom. The van der Waals surface area contributed by atoms with Gasteiger partial charge >= 0.3 is 5.97 Å². The van der Waals surface area contributed by atoms with Gasteiger partial charge in [0, 0.05) is 5.39 Å². The van der Waals surface area contributed by atoms with Crippen molar-refractivity contribution in [2.45, 2.75) is 26.9 Å². The number of aryl methyl sites for hydroxylation is 1. The SMILES string of the molecule is CCOC(=O)Cc1noc2c(OCc3ccccc3)c(C)ccc12. The van der Waals surface area contributed by atoms with Gasteiger partial charge in [-0.3, -0.25) is 4.79 Å². The van der Waals surface area contributed by atoms with Gasteiger partial charge in [-0.15, -0.1) is 0 Å². The number of carbonyl (C=O) groups excluding carboxylic acids is 1. The summed E-state index contributed by atoms with van der Waals surface area (Å²) in [5, 5.41) is 4.79. The molecule has 0 saturated carbocycles. The van der Waals surface area contributed by atoms with Gasteiger partial charge in [0.15, 0.2) is 5.75 Å². The van der Waals surface area contributed by atoms with Crippen LogP contribution in [-0.4, -0.2) is 17.7 Å². The van der Waals surface area contributed by atoms with Crippen LogP contribution in [0.15, 0.2) is 47.0 Å². The first-order valence-electron chi connectivity index (χ1n) is 7.89. The normalized spacial score (nSPS) is 10.8. The van der Waals surface area contributed by atoms with E-state index in [4.69, 9.17) is 14.0 Å². The largest absolute Gasteiger partial charge is 0.485 e. The molecule has 2 aromatic carbocycles. The lowest BCUT2D eigenvalue weighted by Gasteiger charge is -2.09. The molecule has 0 bridgehead atoms. The fourth-order valence-electron chi connectivity index (χ4n) is 2.51. The summed E-state index contributed by atoms with van der Waals surface area (Å²) in [7, 11) is 0. The van der Waals surface area contributed by atoms with Gasteiger partial charge in [-0.1, -0.05) is 41.6 Å². The highest BCUT2D eigenvalue weighted by Crippen LogP contribution is 2.32. The highest BCUT2D eigenvalue weighted by atomic mass is 16.5. The van der Waals surface area contributed by atoms with Gasteiger partial charge in [-0.25, -0.2) is 0 Å². The van der Waals surface area contributed by atoms with E-state index in [1.807, 2.05) is 49.4 Å². The maximum absolute atomic E-state index is 11.7. The smallest absolute Gasteiger partial charge is 0.312 e. The quantitative estimate of drug-likeness (QED) is 0.645. The number of carbonyl (C=O) groups is 1. The van der Waals surface area contributed by atoms with Crippen molar-refractivity contribution in [3.63, 3.8) is 0 Å². The van der Waals surface area contributed by atoms with Crippen LogP contribution in [0.25, 0.3) is 11.0 Å². The van der Waals surface area contributed by atoms with Crippen LogP contribution in [-0.2, 0) is 22.6 Å². The Kier molecular flexibility index (Phi) is 4.79. The van der Waals surface area contributed by atoms with Gasteiger partial charge in [0.05, 0.1) is 13.0 Å². The van der Waals surface area contributed by atoms with Crippen molar-refractivity contribution in [2.75, 3.05) is 6.61 Å². The van der Waals surface area contributed by atoms with Gasteiger partial charge < -0.3 is 14.0 Å². The first kappa shape index (κ1) is 16.1. The minimum Gasteiger partial charge on any atom is -0.485 e. The van der Waals surface area contributed by atoms with Crippen molar-refractivity contribution < 1.29 is 18.8 Å². The van der Waals surface area contributed by atoms with Crippen LogP contribution in [0.1, 0.15) is 23.7 Å². The van der Waals surface area contributed by atoms with E-state index in [9.17, 15) is 4.79 Å². The molecule has 24 heavy (non-hydrogen) atoms. The van der Waals surface area contributed by atoms with E-state index in [-0.39, 0.29) is 12.4 Å². The van der Waals surface area contributed by atoms with Crippen LogP contribution in [0.3, 0.4) is 0 Å². The lowest BCUT2D eigenvalue weighted by atomic mass is 10.1. The summed E-state index contributed by atoms with van der Waals surface area (Å²) in [6.45, 7) is 4.51. The molecule has 3 rings (SSSR count). The van der Waals surface area contributed by atoms with E-state index >= 15 is 0 Å². The molecule has 1 aromatic heterocycles. The third kappa shape index (κ3) is 3.40. The monoisotopic (exact) mass is 325 g/mol. The minimum atomic E-state index is -0.319. The Morgan fingerprint density at radius 1 is 1.17 bits per heavy atom. The second-order valence-electron chi connectivity index (χ2n) is 5.47. The van der Waals surface area contributed by atoms with Gasteiger partial charge in [0.1, 0.15) is 12.3 Å². The second-order valence-corrected chi connectivity index (χ2v) is 5.47. The Labute approximate surface area is 140 Å². The van der Waals surface area contributed by atoms with Crippen LogP contribution in [0.2, 0.25) is 0 Å². The van der Waals surface area contributed by atoms with E-state index < -0.39 is 0 Å². The van der Waals surface area contributed by atoms with Crippen LogP contribution in [0, 0.1) is 6.92 Å². The van der Waals surface area contributed by atoms with Gasteiger partial charge in [-0.05, 0) is 31.0 Å². The first-order valence-corrected chi connectivity index (χ1v) is 7.89.